The number of ether oxygens (including phenoxy) is 1. The molecule has 1 saturated carbocycles. The number of anilines is 1. The highest BCUT2D eigenvalue weighted by molar-refractivity contribution is 6.37. The van der Waals surface area contributed by atoms with E-state index in [0.717, 1.165) is 16.8 Å². The smallest absolute Gasteiger partial charge is 0.322 e. The average molecular weight is 437 g/mol. The maximum atomic E-state index is 12.0. The van der Waals surface area contributed by atoms with Gasteiger partial charge in [0, 0.05) is 17.3 Å². The molecule has 0 heterocycles. The Hall–Kier alpha value is -2.44. The summed E-state index contributed by atoms with van der Waals surface area (Å²) in [5.74, 6) is -1.44. The molecule has 6 nitrogen and oxygen atoms in total. The number of aryl methyl sites for hydroxylation is 1. The number of carboxylic acids is 1. The zero-order chi connectivity index (χ0) is 21.0. The van der Waals surface area contributed by atoms with Gasteiger partial charge in [0.2, 0.25) is 0 Å². The van der Waals surface area contributed by atoms with Crippen molar-refractivity contribution in [3.05, 3.63) is 57.1 Å². The highest BCUT2D eigenvalue weighted by Gasteiger charge is 2.18. The first kappa shape index (κ1) is 21.3. The van der Waals surface area contributed by atoms with Gasteiger partial charge in [0.05, 0.1) is 10.0 Å². The monoisotopic (exact) mass is 436 g/mol. The Labute approximate surface area is 179 Å². The zero-order valence-electron chi connectivity index (χ0n) is 15.9. The normalized spacial score (nSPS) is 13.5. The predicted molar refractivity (Wildman–Crippen MR) is 113 cm³/mol. The fraction of sp³-hybridized carbons (Fsp3) is 0.333. The minimum atomic E-state index is -1.14. The molecule has 0 aliphatic heterocycles. The van der Waals surface area contributed by atoms with E-state index in [-0.39, 0.29) is 28.0 Å². The highest BCUT2D eigenvalue weighted by atomic mass is 35.5. The lowest BCUT2D eigenvalue weighted by Gasteiger charge is -2.28. The Kier molecular flexibility index (Phi) is 6.87. The molecule has 0 atom stereocenters. The zero-order valence-corrected chi connectivity index (χ0v) is 17.4. The molecule has 2 aromatic rings. The van der Waals surface area contributed by atoms with Crippen LogP contribution in [0, 0.1) is 6.92 Å². The molecule has 1 aliphatic carbocycles. The largest absolute Gasteiger partial charge is 0.486 e. The molecule has 0 unspecified atom stereocenters. The van der Waals surface area contributed by atoms with Crippen molar-refractivity contribution in [2.45, 2.75) is 38.8 Å². The van der Waals surface area contributed by atoms with E-state index in [1.807, 2.05) is 19.1 Å². The van der Waals surface area contributed by atoms with Crippen LogP contribution < -0.4 is 15.4 Å². The topological polar surface area (TPSA) is 87.7 Å². The number of carbonyl (C=O) groups is 2. The Morgan fingerprint density at radius 2 is 1.83 bits per heavy atom. The van der Waals surface area contributed by atoms with Gasteiger partial charge in [-0.15, -0.1) is 0 Å². The molecule has 8 heteroatoms. The number of halogens is 2. The van der Waals surface area contributed by atoms with Crippen molar-refractivity contribution < 1.29 is 19.4 Å². The summed E-state index contributed by atoms with van der Waals surface area (Å²) in [5.41, 5.74) is 3.32. The van der Waals surface area contributed by atoms with Gasteiger partial charge in [-0.1, -0.05) is 29.3 Å². The van der Waals surface area contributed by atoms with Gasteiger partial charge in [0.15, 0.2) is 5.75 Å². The molecule has 29 heavy (non-hydrogen) atoms. The number of rotatable bonds is 8. The summed E-state index contributed by atoms with van der Waals surface area (Å²) in [6.07, 6.45) is 3.65. The fourth-order valence-electron chi connectivity index (χ4n) is 3.06. The molecule has 1 fully saturated rings. The Morgan fingerprint density at radius 3 is 2.41 bits per heavy atom. The molecule has 0 radical (unpaired) electrons. The van der Waals surface area contributed by atoms with Crippen molar-refractivity contribution >= 4 is 40.8 Å². The van der Waals surface area contributed by atoms with Crippen molar-refractivity contribution in [2.24, 2.45) is 0 Å². The van der Waals surface area contributed by atoms with Crippen molar-refractivity contribution in [3.63, 3.8) is 0 Å². The van der Waals surface area contributed by atoms with Gasteiger partial charge >= 0.3 is 5.97 Å². The standard InChI is InChI=1S/C21H22Cl2N2O4/c1-12-5-13(7-16(6-12)25-15-3-2-4-15)11-29-20-17(22)8-14(9-18(20)23)21(28)24-10-19(26)27/h5-9,15,25H,2-4,10-11H2,1H3,(H,24,28)(H,26,27). The van der Waals surface area contributed by atoms with Crippen molar-refractivity contribution in [1.29, 1.82) is 0 Å². The van der Waals surface area contributed by atoms with Crippen LogP contribution >= 0.6 is 23.2 Å². The van der Waals surface area contributed by atoms with Crippen LogP contribution in [0.2, 0.25) is 10.0 Å². The molecule has 3 rings (SSSR count). The second kappa shape index (κ2) is 9.37. The van der Waals surface area contributed by atoms with E-state index in [4.69, 9.17) is 33.0 Å². The lowest BCUT2D eigenvalue weighted by atomic mass is 9.93. The van der Waals surface area contributed by atoms with Crippen molar-refractivity contribution in [1.82, 2.24) is 5.32 Å². The fourth-order valence-corrected chi connectivity index (χ4v) is 3.66. The van der Waals surface area contributed by atoms with E-state index >= 15 is 0 Å². The third-order valence-electron chi connectivity index (χ3n) is 4.66. The Balaban J connectivity index is 1.68. The van der Waals surface area contributed by atoms with Crippen molar-refractivity contribution in [3.8, 4) is 5.75 Å². The number of hydrogen-bond donors (Lipinski definition) is 3. The van der Waals surface area contributed by atoms with Crippen LogP contribution in [0.5, 0.6) is 5.75 Å². The molecule has 0 spiro atoms. The first-order valence-corrected chi connectivity index (χ1v) is 10.1. The molecule has 2 aromatic carbocycles. The highest BCUT2D eigenvalue weighted by Crippen LogP contribution is 2.35. The number of nitrogens with one attached hydrogen (secondary N) is 2. The molecule has 0 bridgehead atoms. The van der Waals surface area contributed by atoms with E-state index in [2.05, 4.69) is 16.7 Å². The quantitative estimate of drug-likeness (QED) is 0.559. The summed E-state index contributed by atoms with van der Waals surface area (Å²) >= 11 is 12.5. The number of hydrogen-bond acceptors (Lipinski definition) is 4. The van der Waals surface area contributed by atoms with Crippen molar-refractivity contribution in [2.75, 3.05) is 11.9 Å². The van der Waals surface area contributed by atoms with E-state index in [1.165, 1.54) is 31.4 Å². The molecule has 3 N–H and O–H groups in total. The lowest BCUT2D eigenvalue weighted by molar-refractivity contribution is -0.135. The molecular weight excluding hydrogens is 415 g/mol. The number of carbonyl (C=O) groups excluding carboxylic acids is 1. The third-order valence-corrected chi connectivity index (χ3v) is 5.22. The summed E-state index contributed by atoms with van der Waals surface area (Å²) in [6, 6.07) is 9.52. The number of amides is 1. The van der Waals surface area contributed by atoms with Crippen LogP contribution in [-0.2, 0) is 11.4 Å². The van der Waals surface area contributed by atoms with Crippen LogP contribution in [-0.4, -0.2) is 29.6 Å². The summed E-state index contributed by atoms with van der Waals surface area (Å²) in [6.45, 7) is 1.81. The number of carboxylic acid groups (broad SMARTS) is 1. The third kappa shape index (κ3) is 5.78. The molecule has 0 saturated heterocycles. The van der Waals surface area contributed by atoms with Crippen LogP contribution in [0.3, 0.4) is 0 Å². The van der Waals surface area contributed by atoms with Gasteiger partial charge in [-0.25, -0.2) is 0 Å². The van der Waals surface area contributed by atoms with Gasteiger partial charge in [-0.2, -0.15) is 0 Å². The summed E-state index contributed by atoms with van der Waals surface area (Å²) < 4.78 is 5.82. The summed E-state index contributed by atoms with van der Waals surface area (Å²) in [7, 11) is 0. The van der Waals surface area contributed by atoms with Crippen LogP contribution in [0.4, 0.5) is 5.69 Å². The van der Waals surface area contributed by atoms with E-state index in [1.54, 1.807) is 0 Å². The van der Waals surface area contributed by atoms with E-state index in [0.29, 0.717) is 6.04 Å². The SMILES string of the molecule is Cc1cc(COc2c(Cl)cc(C(=O)NCC(=O)O)cc2Cl)cc(NC2CCC2)c1. The van der Waals surface area contributed by atoms with E-state index in [9.17, 15) is 9.59 Å². The lowest BCUT2D eigenvalue weighted by Crippen LogP contribution is -2.29. The Bertz CT molecular complexity index is 906. The first-order chi connectivity index (χ1) is 13.8. The maximum Gasteiger partial charge on any atom is 0.322 e. The van der Waals surface area contributed by atoms with E-state index < -0.39 is 18.4 Å². The molecular formula is C21H22Cl2N2O4. The Morgan fingerprint density at radius 1 is 1.14 bits per heavy atom. The number of benzene rings is 2. The summed E-state index contributed by atoms with van der Waals surface area (Å²) in [5, 5.41) is 14.8. The van der Waals surface area contributed by atoms with Gasteiger partial charge in [0.25, 0.3) is 5.91 Å². The summed E-state index contributed by atoms with van der Waals surface area (Å²) in [4.78, 5) is 22.6. The average Bonchev–Trinajstić information content (AvgIpc) is 2.61. The second-order valence-corrected chi connectivity index (χ2v) is 7.93. The minimum Gasteiger partial charge on any atom is -0.486 e. The van der Waals surface area contributed by atoms with Gasteiger partial charge < -0.3 is 20.5 Å². The second-order valence-electron chi connectivity index (χ2n) is 7.11. The van der Waals surface area contributed by atoms with Crippen LogP contribution in [0.15, 0.2) is 30.3 Å². The molecule has 0 aromatic heterocycles. The van der Waals surface area contributed by atoms with Gasteiger partial charge in [0.1, 0.15) is 13.2 Å². The predicted octanol–water partition coefficient (Wildman–Crippen LogP) is 4.66. The molecule has 1 amide bonds. The van der Waals surface area contributed by atoms with Crippen LogP contribution in [0.1, 0.15) is 40.7 Å². The van der Waals surface area contributed by atoms with Crippen LogP contribution in [0.25, 0.3) is 0 Å². The minimum absolute atomic E-state index is 0.163. The molecule has 1 aliphatic rings. The number of aliphatic carboxylic acids is 1. The molecule has 154 valence electrons. The van der Waals surface area contributed by atoms with Gasteiger partial charge in [-0.3, -0.25) is 9.59 Å². The maximum absolute atomic E-state index is 12.0. The van der Waals surface area contributed by atoms with Gasteiger partial charge in [-0.05, 0) is 61.6 Å². The first-order valence-electron chi connectivity index (χ1n) is 9.31.